The van der Waals surface area contributed by atoms with Crippen molar-refractivity contribution in [2.24, 2.45) is 0 Å². The molecule has 0 saturated carbocycles. The Morgan fingerprint density at radius 2 is 1.97 bits per heavy atom. The van der Waals surface area contributed by atoms with Crippen LogP contribution in [0.3, 0.4) is 0 Å². The number of rotatable bonds is 5. The van der Waals surface area contributed by atoms with E-state index in [4.69, 9.17) is 0 Å². The van der Waals surface area contributed by atoms with Gasteiger partial charge in [0.1, 0.15) is 22.8 Å². The predicted molar refractivity (Wildman–Crippen MR) is 120 cm³/mol. The number of hydrogen-bond acceptors (Lipinski definition) is 6. The summed E-state index contributed by atoms with van der Waals surface area (Å²) in [6.07, 6.45) is 2.74. The van der Waals surface area contributed by atoms with Crippen LogP contribution in [0.4, 0.5) is 15.9 Å². The number of anilines is 2. The summed E-state index contributed by atoms with van der Waals surface area (Å²) in [5.41, 5.74) is 2.18. The number of fused-ring (bicyclic) bond motifs is 1. The Kier molecular flexibility index (Phi) is 5.97. The normalized spacial score (nSPS) is 15.0. The van der Waals surface area contributed by atoms with Crippen molar-refractivity contribution in [1.82, 2.24) is 14.9 Å². The van der Waals surface area contributed by atoms with Crippen LogP contribution in [-0.2, 0) is 0 Å². The number of benzene rings is 1. The van der Waals surface area contributed by atoms with E-state index in [0.29, 0.717) is 16.1 Å². The van der Waals surface area contributed by atoms with Gasteiger partial charge in [-0.3, -0.25) is 9.69 Å². The Labute approximate surface area is 179 Å². The fourth-order valence-electron chi connectivity index (χ4n) is 3.96. The third kappa shape index (κ3) is 4.02. The first-order valence-corrected chi connectivity index (χ1v) is 11.1. The van der Waals surface area contributed by atoms with Gasteiger partial charge in [-0.25, -0.2) is 14.4 Å². The molecule has 6 nitrogen and oxygen atoms in total. The lowest BCUT2D eigenvalue weighted by Gasteiger charge is -2.35. The average Bonchev–Trinajstić information content (AvgIpc) is 3.08. The molecule has 158 valence electrons. The van der Waals surface area contributed by atoms with E-state index in [9.17, 15) is 9.18 Å². The molecule has 1 aliphatic heterocycles. The molecule has 8 heteroatoms. The highest BCUT2D eigenvalue weighted by Gasteiger charge is 2.24. The molecule has 1 aliphatic rings. The Balaban J connectivity index is 1.61. The first-order valence-electron chi connectivity index (χ1n) is 10.3. The Hall–Kier alpha value is -2.58. The maximum Gasteiger partial charge on any atom is 0.266 e. The lowest BCUT2D eigenvalue weighted by atomic mass is 10.1. The van der Waals surface area contributed by atoms with Crippen molar-refractivity contribution in [2.75, 3.05) is 42.9 Å². The summed E-state index contributed by atoms with van der Waals surface area (Å²) in [6.45, 7) is 10.9. The lowest BCUT2D eigenvalue weighted by molar-refractivity contribution is 0.103. The molecule has 30 heavy (non-hydrogen) atoms. The van der Waals surface area contributed by atoms with Gasteiger partial charge in [0.05, 0.1) is 10.3 Å². The van der Waals surface area contributed by atoms with Crippen molar-refractivity contribution in [3.05, 3.63) is 46.3 Å². The van der Waals surface area contributed by atoms with E-state index in [1.165, 1.54) is 23.5 Å². The number of aromatic nitrogens is 2. The lowest BCUT2D eigenvalue weighted by Crippen LogP contribution is -2.46. The molecule has 3 heterocycles. The zero-order chi connectivity index (χ0) is 21.3. The number of piperazine rings is 1. The number of halogens is 1. The molecule has 1 amide bonds. The van der Waals surface area contributed by atoms with Gasteiger partial charge in [-0.05, 0) is 56.1 Å². The van der Waals surface area contributed by atoms with E-state index >= 15 is 0 Å². The summed E-state index contributed by atoms with van der Waals surface area (Å²) in [6, 6.07) is 4.35. The van der Waals surface area contributed by atoms with E-state index < -0.39 is 0 Å². The van der Waals surface area contributed by atoms with Gasteiger partial charge in [0.25, 0.3) is 5.91 Å². The number of hydrogen-bond donors (Lipinski definition) is 1. The van der Waals surface area contributed by atoms with Gasteiger partial charge >= 0.3 is 0 Å². The predicted octanol–water partition coefficient (Wildman–Crippen LogP) is 4.23. The van der Waals surface area contributed by atoms with Crippen molar-refractivity contribution in [3.8, 4) is 0 Å². The Bertz CT molecular complexity index is 1070. The van der Waals surface area contributed by atoms with E-state index in [0.717, 1.165) is 60.7 Å². The van der Waals surface area contributed by atoms with E-state index in [-0.39, 0.29) is 11.7 Å². The summed E-state index contributed by atoms with van der Waals surface area (Å²) in [4.78, 5) is 28.2. The second-order valence-electron chi connectivity index (χ2n) is 7.68. The molecule has 3 aromatic rings. The SMILES string of the molecule is CCCN1CCN(c2ncnc3sc(C(=O)Nc4ccc(F)cc4C)c(C)c23)CC1. The number of nitrogens with zero attached hydrogens (tertiary/aromatic N) is 4. The van der Waals surface area contributed by atoms with Crippen LogP contribution in [0.2, 0.25) is 0 Å². The number of carbonyl (C=O) groups is 1. The summed E-state index contributed by atoms with van der Waals surface area (Å²) in [5.74, 6) is 0.383. The second kappa shape index (κ2) is 8.65. The van der Waals surface area contributed by atoms with Gasteiger partial charge in [-0.1, -0.05) is 6.92 Å². The number of amides is 1. The molecule has 1 aromatic carbocycles. The van der Waals surface area contributed by atoms with Crippen LogP contribution >= 0.6 is 11.3 Å². The van der Waals surface area contributed by atoms with Crippen LogP contribution in [0.15, 0.2) is 24.5 Å². The highest BCUT2D eigenvalue weighted by Crippen LogP contribution is 2.35. The van der Waals surface area contributed by atoms with E-state index in [2.05, 4.69) is 32.0 Å². The maximum atomic E-state index is 13.4. The van der Waals surface area contributed by atoms with Crippen molar-refractivity contribution >= 4 is 39.0 Å². The summed E-state index contributed by atoms with van der Waals surface area (Å²) < 4.78 is 13.4. The van der Waals surface area contributed by atoms with Crippen LogP contribution in [0.25, 0.3) is 10.2 Å². The van der Waals surface area contributed by atoms with Crippen molar-refractivity contribution in [3.63, 3.8) is 0 Å². The standard InChI is InChI=1S/C22H26FN5OS/c1-4-7-27-8-10-28(11-9-27)20-18-15(3)19(30-22(18)25-13-24-20)21(29)26-17-6-5-16(23)12-14(17)2/h5-6,12-13H,4,7-11H2,1-3H3,(H,26,29). The van der Waals surface area contributed by atoms with Crippen LogP contribution in [0.5, 0.6) is 0 Å². The smallest absolute Gasteiger partial charge is 0.266 e. The largest absolute Gasteiger partial charge is 0.353 e. The third-order valence-electron chi connectivity index (χ3n) is 5.56. The molecule has 1 saturated heterocycles. The van der Waals surface area contributed by atoms with Crippen LogP contribution in [0.1, 0.15) is 34.1 Å². The van der Waals surface area contributed by atoms with Gasteiger partial charge in [0, 0.05) is 31.9 Å². The van der Waals surface area contributed by atoms with E-state index in [1.54, 1.807) is 19.3 Å². The fourth-order valence-corrected chi connectivity index (χ4v) is 4.99. The quantitative estimate of drug-likeness (QED) is 0.660. The van der Waals surface area contributed by atoms with Crippen LogP contribution in [0, 0.1) is 19.7 Å². The van der Waals surface area contributed by atoms with Gasteiger partial charge in [0.15, 0.2) is 0 Å². The molecule has 0 spiro atoms. The summed E-state index contributed by atoms with van der Waals surface area (Å²) in [5, 5.41) is 3.86. The molecule has 0 bridgehead atoms. The zero-order valence-corrected chi connectivity index (χ0v) is 18.4. The molecule has 4 rings (SSSR count). The molecule has 0 atom stereocenters. The first kappa shape index (κ1) is 20.7. The molecular weight excluding hydrogens is 401 g/mol. The fraction of sp³-hybridized carbons (Fsp3) is 0.409. The topological polar surface area (TPSA) is 61.4 Å². The maximum absolute atomic E-state index is 13.4. The molecular formula is C22H26FN5OS. The average molecular weight is 428 g/mol. The van der Waals surface area contributed by atoms with Crippen molar-refractivity contribution in [2.45, 2.75) is 27.2 Å². The van der Waals surface area contributed by atoms with Crippen LogP contribution < -0.4 is 10.2 Å². The third-order valence-corrected chi connectivity index (χ3v) is 6.76. The zero-order valence-electron chi connectivity index (χ0n) is 17.5. The Morgan fingerprint density at radius 3 is 2.67 bits per heavy atom. The summed E-state index contributed by atoms with van der Waals surface area (Å²) in [7, 11) is 0. The van der Waals surface area contributed by atoms with Gasteiger partial charge < -0.3 is 10.2 Å². The number of aryl methyl sites for hydroxylation is 2. The van der Waals surface area contributed by atoms with Crippen molar-refractivity contribution in [1.29, 1.82) is 0 Å². The number of carbonyl (C=O) groups excluding carboxylic acids is 1. The minimum absolute atomic E-state index is 0.205. The summed E-state index contributed by atoms with van der Waals surface area (Å²) >= 11 is 1.37. The minimum atomic E-state index is -0.317. The van der Waals surface area contributed by atoms with Crippen molar-refractivity contribution < 1.29 is 9.18 Å². The second-order valence-corrected chi connectivity index (χ2v) is 8.67. The Morgan fingerprint density at radius 1 is 1.20 bits per heavy atom. The molecule has 0 radical (unpaired) electrons. The monoisotopic (exact) mass is 427 g/mol. The van der Waals surface area contributed by atoms with E-state index in [1.807, 2.05) is 6.92 Å². The molecule has 1 N–H and O–H groups in total. The highest BCUT2D eigenvalue weighted by atomic mass is 32.1. The molecule has 0 unspecified atom stereocenters. The van der Waals surface area contributed by atoms with Gasteiger partial charge in [-0.15, -0.1) is 11.3 Å². The number of nitrogens with one attached hydrogen (secondary N) is 1. The number of thiophene rings is 1. The first-order chi connectivity index (χ1) is 14.5. The van der Waals surface area contributed by atoms with Gasteiger partial charge in [-0.2, -0.15) is 0 Å². The highest BCUT2D eigenvalue weighted by molar-refractivity contribution is 7.20. The van der Waals surface area contributed by atoms with Crippen LogP contribution in [-0.4, -0.2) is 53.5 Å². The molecule has 2 aromatic heterocycles. The van der Waals surface area contributed by atoms with Gasteiger partial charge in [0.2, 0.25) is 0 Å². The molecule has 1 fully saturated rings. The molecule has 0 aliphatic carbocycles. The minimum Gasteiger partial charge on any atom is -0.353 e.